The maximum absolute atomic E-state index is 13.0. The molecule has 0 heterocycles. The van der Waals surface area contributed by atoms with Gasteiger partial charge in [-0.15, -0.1) is 0 Å². The number of halogens is 1. The van der Waals surface area contributed by atoms with E-state index >= 15 is 0 Å². The van der Waals surface area contributed by atoms with Crippen molar-refractivity contribution in [3.63, 3.8) is 0 Å². The van der Waals surface area contributed by atoms with Crippen LogP contribution in [0.5, 0.6) is 11.5 Å². The van der Waals surface area contributed by atoms with Gasteiger partial charge in [-0.2, -0.15) is 0 Å². The molecule has 2 rings (SSSR count). The van der Waals surface area contributed by atoms with E-state index in [2.05, 4.69) is 4.74 Å². The molecule has 0 N–H and O–H groups in total. The van der Waals surface area contributed by atoms with Gasteiger partial charge >= 0.3 is 5.97 Å². The Morgan fingerprint density at radius 2 is 1.73 bits per heavy atom. The van der Waals surface area contributed by atoms with Gasteiger partial charge in [0.2, 0.25) is 0 Å². The van der Waals surface area contributed by atoms with Gasteiger partial charge in [-0.1, -0.05) is 0 Å². The Morgan fingerprint density at radius 3 is 2.31 bits per heavy atom. The smallest absolute Gasteiger partial charge is 0.337 e. The minimum atomic E-state index is -0.501. The van der Waals surface area contributed by atoms with Crippen molar-refractivity contribution < 1.29 is 28.2 Å². The molecule has 26 heavy (non-hydrogen) atoms. The number of carbonyl (C=O) groups excluding carboxylic acids is 2. The van der Waals surface area contributed by atoms with Crippen LogP contribution < -0.4 is 14.4 Å². The molecular weight excluding hydrogens is 341 g/mol. The lowest BCUT2D eigenvalue weighted by atomic mass is 10.2. The molecule has 0 aromatic heterocycles. The Balaban J connectivity index is 2.10. The highest BCUT2D eigenvalue weighted by atomic mass is 19.1. The van der Waals surface area contributed by atoms with Crippen LogP contribution in [0.15, 0.2) is 42.5 Å². The Bertz CT molecular complexity index is 776. The van der Waals surface area contributed by atoms with Gasteiger partial charge in [-0.05, 0) is 49.4 Å². The number of nitrogens with zero attached hydrogens (tertiary/aromatic N) is 1. The van der Waals surface area contributed by atoms with Gasteiger partial charge in [0, 0.05) is 12.2 Å². The molecule has 0 fully saturated rings. The van der Waals surface area contributed by atoms with E-state index in [4.69, 9.17) is 9.47 Å². The molecule has 0 radical (unpaired) electrons. The molecule has 0 aliphatic rings. The van der Waals surface area contributed by atoms with E-state index in [1.807, 2.05) is 6.92 Å². The van der Waals surface area contributed by atoms with Crippen LogP contribution in [0.3, 0.4) is 0 Å². The number of likely N-dealkylation sites (N-methyl/N-ethyl adjacent to an activating group) is 1. The molecule has 0 aliphatic carbocycles. The van der Waals surface area contributed by atoms with Gasteiger partial charge in [0.1, 0.15) is 5.82 Å². The third kappa shape index (κ3) is 4.50. The zero-order valence-electron chi connectivity index (χ0n) is 14.8. The second-order valence-electron chi connectivity index (χ2n) is 5.26. The van der Waals surface area contributed by atoms with E-state index in [0.717, 1.165) is 0 Å². The molecule has 138 valence electrons. The summed E-state index contributed by atoms with van der Waals surface area (Å²) in [6, 6.07) is 10.2. The van der Waals surface area contributed by atoms with Crippen molar-refractivity contribution in [2.24, 2.45) is 0 Å². The number of hydrogen-bond donors (Lipinski definition) is 0. The van der Waals surface area contributed by atoms with Crippen molar-refractivity contribution in [2.45, 2.75) is 6.92 Å². The van der Waals surface area contributed by atoms with Gasteiger partial charge < -0.3 is 19.1 Å². The molecule has 0 spiro atoms. The SMILES string of the molecule is CCN(C(=O)COc1ccc(C(=O)OC)cc1OC)c1ccc(F)cc1. The molecule has 0 aliphatic heterocycles. The van der Waals surface area contributed by atoms with E-state index < -0.39 is 5.97 Å². The fourth-order valence-corrected chi connectivity index (χ4v) is 2.37. The standard InChI is InChI=1S/C19H20FNO5/c1-4-21(15-8-6-14(20)7-9-15)18(22)12-26-16-10-5-13(19(23)25-3)11-17(16)24-2/h5-11H,4,12H2,1-3H3. The van der Waals surface area contributed by atoms with E-state index in [9.17, 15) is 14.0 Å². The Morgan fingerprint density at radius 1 is 1.04 bits per heavy atom. The molecule has 0 bridgehead atoms. The quantitative estimate of drug-likeness (QED) is 0.709. The molecule has 6 nitrogen and oxygen atoms in total. The van der Waals surface area contributed by atoms with Crippen molar-refractivity contribution in [1.29, 1.82) is 0 Å². The van der Waals surface area contributed by atoms with E-state index in [1.54, 1.807) is 0 Å². The summed E-state index contributed by atoms with van der Waals surface area (Å²) >= 11 is 0. The average Bonchev–Trinajstić information content (AvgIpc) is 2.67. The van der Waals surface area contributed by atoms with Gasteiger partial charge in [-0.25, -0.2) is 9.18 Å². The van der Waals surface area contributed by atoms with Gasteiger partial charge in [0.05, 0.1) is 19.8 Å². The molecule has 0 saturated heterocycles. The van der Waals surface area contributed by atoms with Crippen molar-refractivity contribution in [3.05, 3.63) is 53.8 Å². The number of methoxy groups -OCH3 is 2. The van der Waals surface area contributed by atoms with Gasteiger partial charge in [-0.3, -0.25) is 4.79 Å². The van der Waals surface area contributed by atoms with Crippen LogP contribution in [0, 0.1) is 5.82 Å². The topological polar surface area (TPSA) is 65.1 Å². The summed E-state index contributed by atoms with van der Waals surface area (Å²) in [7, 11) is 2.72. The van der Waals surface area contributed by atoms with E-state index in [-0.39, 0.29) is 18.3 Å². The Labute approximate surface area is 151 Å². The number of hydrogen-bond acceptors (Lipinski definition) is 5. The van der Waals surface area contributed by atoms with E-state index in [1.165, 1.54) is 61.6 Å². The highest BCUT2D eigenvalue weighted by molar-refractivity contribution is 5.94. The Hall–Kier alpha value is -3.09. The third-order valence-electron chi connectivity index (χ3n) is 3.69. The van der Waals surface area contributed by atoms with Crippen LogP contribution in [0.25, 0.3) is 0 Å². The molecule has 7 heteroatoms. The molecule has 2 aromatic rings. The normalized spacial score (nSPS) is 10.2. The number of carbonyl (C=O) groups is 2. The first kappa shape index (κ1) is 19.2. The largest absolute Gasteiger partial charge is 0.493 e. The molecule has 0 unspecified atom stereocenters. The summed E-state index contributed by atoms with van der Waals surface area (Å²) in [6.45, 7) is 1.98. The number of ether oxygens (including phenoxy) is 3. The Kier molecular flexibility index (Phi) is 6.54. The number of esters is 1. The van der Waals surface area contributed by atoms with Gasteiger partial charge in [0.15, 0.2) is 18.1 Å². The summed E-state index contributed by atoms with van der Waals surface area (Å²) in [4.78, 5) is 25.5. The van der Waals surface area contributed by atoms with Crippen LogP contribution >= 0.6 is 0 Å². The number of amides is 1. The number of anilines is 1. The predicted molar refractivity (Wildman–Crippen MR) is 94.3 cm³/mol. The second-order valence-corrected chi connectivity index (χ2v) is 5.26. The average molecular weight is 361 g/mol. The van der Waals surface area contributed by atoms with Crippen molar-refractivity contribution in [3.8, 4) is 11.5 Å². The van der Waals surface area contributed by atoms with E-state index in [0.29, 0.717) is 29.3 Å². The molecule has 2 aromatic carbocycles. The minimum Gasteiger partial charge on any atom is -0.493 e. The van der Waals surface area contributed by atoms with Crippen molar-refractivity contribution >= 4 is 17.6 Å². The van der Waals surface area contributed by atoms with Crippen LogP contribution in [0.1, 0.15) is 17.3 Å². The minimum absolute atomic E-state index is 0.237. The zero-order valence-corrected chi connectivity index (χ0v) is 14.8. The second kappa shape index (κ2) is 8.84. The van der Waals surface area contributed by atoms with Crippen LogP contribution in [-0.4, -0.2) is 39.2 Å². The fraction of sp³-hybridized carbons (Fsp3) is 0.263. The number of rotatable bonds is 7. The van der Waals surface area contributed by atoms with Crippen LogP contribution in [0.2, 0.25) is 0 Å². The van der Waals surface area contributed by atoms with Crippen LogP contribution in [-0.2, 0) is 9.53 Å². The maximum Gasteiger partial charge on any atom is 0.337 e. The first-order valence-electron chi connectivity index (χ1n) is 7.95. The fourth-order valence-electron chi connectivity index (χ4n) is 2.37. The predicted octanol–water partition coefficient (Wildman–Crippen LogP) is 3.05. The number of benzene rings is 2. The summed E-state index contributed by atoms with van der Waals surface area (Å²) in [5, 5.41) is 0. The summed E-state index contributed by atoms with van der Waals surface area (Å²) in [6.07, 6.45) is 0. The first-order valence-corrected chi connectivity index (χ1v) is 7.95. The van der Waals surface area contributed by atoms with Crippen LogP contribution in [0.4, 0.5) is 10.1 Å². The molecule has 1 amide bonds. The summed E-state index contributed by atoms with van der Waals surface area (Å²) in [5.74, 6) is -0.532. The third-order valence-corrected chi connectivity index (χ3v) is 3.69. The highest BCUT2D eigenvalue weighted by Crippen LogP contribution is 2.28. The lowest BCUT2D eigenvalue weighted by Crippen LogP contribution is -2.34. The molecule has 0 saturated carbocycles. The van der Waals surface area contributed by atoms with Crippen molar-refractivity contribution in [1.82, 2.24) is 0 Å². The zero-order chi connectivity index (χ0) is 19.1. The van der Waals surface area contributed by atoms with Crippen molar-refractivity contribution in [2.75, 3.05) is 32.3 Å². The monoisotopic (exact) mass is 361 g/mol. The lowest BCUT2D eigenvalue weighted by molar-refractivity contribution is -0.120. The summed E-state index contributed by atoms with van der Waals surface area (Å²) in [5.41, 5.74) is 0.889. The first-order chi connectivity index (χ1) is 12.5. The highest BCUT2D eigenvalue weighted by Gasteiger charge is 2.17. The maximum atomic E-state index is 13.0. The lowest BCUT2D eigenvalue weighted by Gasteiger charge is -2.21. The summed E-state index contributed by atoms with van der Waals surface area (Å²) < 4.78 is 28.4. The molecule has 0 atom stereocenters. The molecular formula is C19H20FNO5. The van der Waals surface area contributed by atoms with Gasteiger partial charge in [0.25, 0.3) is 5.91 Å².